The van der Waals surface area contributed by atoms with Crippen LogP contribution in [-0.4, -0.2) is 33.5 Å². The van der Waals surface area contributed by atoms with Gasteiger partial charge in [0.25, 0.3) is 0 Å². The van der Waals surface area contributed by atoms with Crippen LogP contribution in [0.3, 0.4) is 0 Å². The second-order valence-electron chi connectivity index (χ2n) is 5.98. The van der Waals surface area contributed by atoms with Crippen LogP contribution in [0, 0.1) is 0 Å². The molecule has 0 atom stereocenters. The van der Waals surface area contributed by atoms with Gasteiger partial charge in [0.05, 0.1) is 5.01 Å². The van der Waals surface area contributed by atoms with Crippen molar-refractivity contribution in [3.63, 3.8) is 0 Å². The Morgan fingerprint density at radius 1 is 1.12 bits per heavy atom. The minimum atomic E-state index is 0.800. The second-order valence-corrected chi connectivity index (χ2v) is 6.96. The molecular weight excluding hydrogens is 318 g/mol. The van der Waals surface area contributed by atoms with Crippen molar-refractivity contribution in [2.75, 3.05) is 18.5 Å². The van der Waals surface area contributed by atoms with Gasteiger partial charge in [-0.15, -0.1) is 11.3 Å². The van der Waals surface area contributed by atoms with E-state index in [1.807, 2.05) is 23.7 Å². The maximum Gasteiger partial charge on any atom is 0.161 e. The van der Waals surface area contributed by atoms with Gasteiger partial charge in [-0.2, -0.15) is 0 Å². The van der Waals surface area contributed by atoms with Crippen LogP contribution in [0.2, 0.25) is 0 Å². The number of nitrogens with zero attached hydrogens (tertiary/aromatic N) is 5. The Bertz CT molecular complexity index is 817. The largest absolute Gasteiger partial charge is 0.359 e. The van der Waals surface area contributed by atoms with Crippen molar-refractivity contribution in [1.29, 1.82) is 0 Å². The van der Waals surface area contributed by atoms with Gasteiger partial charge in [-0.05, 0) is 31.4 Å². The number of likely N-dealkylation sites (N-methyl/N-ethyl adjacent to an activating group) is 1. The molecule has 0 amide bonds. The molecule has 0 radical (unpaired) electrons. The quantitative estimate of drug-likeness (QED) is 0.716. The number of thiazole rings is 1. The second kappa shape index (κ2) is 6.65. The lowest BCUT2D eigenvalue weighted by Crippen LogP contribution is -2.23. The molecule has 5 nitrogen and oxygen atoms in total. The molecule has 3 aromatic heterocycles. The van der Waals surface area contributed by atoms with Crippen LogP contribution in [0.4, 0.5) is 5.82 Å². The van der Waals surface area contributed by atoms with Gasteiger partial charge in [-0.25, -0.2) is 15.0 Å². The van der Waals surface area contributed by atoms with Crippen LogP contribution in [0.25, 0.3) is 11.4 Å². The standard InChI is InChI=1S/C18H19N5S/c1-23(11-7-16-20-10-12-24-16)18-14-3-2-4-15(14)21-17(22-18)13-5-8-19-9-6-13/h5-6,8-10,12H,2-4,7,11H2,1H3. The fraction of sp³-hybridized carbons (Fsp3) is 0.333. The van der Waals surface area contributed by atoms with Crippen LogP contribution >= 0.6 is 11.3 Å². The predicted octanol–water partition coefficient (Wildman–Crippen LogP) is 3.16. The fourth-order valence-electron chi connectivity index (χ4n) is 3.10. The first kappa shape index (κ1) is 15.2. The number of pyridine rings is 1. The Balaban J connectivity index is 1.65. The van der Waals surface area contributed by atoms with Gasteiger partial charge in [0.2, 0.25) is 0 Å². The summed E-state index contributed by atoms with van der Waals surface area (Å²) < 4.78 is 0. The Morgan fingerprint density at radius 2 is 2.00 bits per heavy atom. The SMILES string of the molecule is CN(CCc1nccs1)c1nc(-c2ccncc2)nc2c1CCC2. The average Bonchev–Trinajstić information content (AvgIpc) is 3.31. The van der Waals surface area contributed by atoms with Crippen molar-refractivity contribution in [3.8, 4) is 11.4 Å². The molecule has 0 fully saturated rings. The highest BCUT2D eigenvalue weighted by molar-refractivity contribution is 7.09. The first-order chi connectivity index (χ1) is 11.8. The number of aromatic nitrogens is 4. The maximum absolute atomic E-state index is 4.88. The van der Waals surface area contributed by atoms with E-state index in [0.717, 1.165) is 49.4 Å². The van der Waals surface area contributed by atoms with E-state index >= 15 is 0 Å². The number of hydrogen-bond acceptors (Lipinski definition) is 6. The first-order valence-electron chi connectivity index (χ1n) is 8.21. The molecule has 0 N–H and O–H groups in total. The summed E-state index contributed by atoms with van der Waals surface area (Å²) in [6.07, 6.45) is 9.67. The molecule has 3 aromatic rings. The molecule has 24 heavy (non-hydrogen) atoms. The summed E-state index contributed by atoms with van der Waals surface area (Å²) in [6, 6.07) is 3.94. The highest BCUT2D eigenvalue weighted by Gasteiger charge is 2.22. The summed E-state index contributed by atoms with van der Waals surface area (Å²) in [5.74, 6) is 1.87. The minimum Gasteiger partial charge on any atom is -0.359 e. The van der Waals surface area contributed by atoms with E-state index in [2.05, 4.69) is 21.9 Å². The van der Waals surface area contributed by atoms with Gasteiger partial charge < -0.3 is 4.90 Å². The van der Waals surface area contributed by atoms with E-state index in [9.17, 15) is 0 Å². The van der Waals surface area contributed by atoms with E-state index in [1.54, 1.807) is 23.7 Å². The molecule has 122 valence electrons. The van der Waals surface area contributed by atoms with Crippen LogP contribution < -0.4 is 4.90 Å². The Morgan fingerprint density at radius 3 is 2.79 bits per heavy atom. The highest BCUT2D eigenvalue weighted by Crippen LogP contribution is 2.30. The summed E-state index contributed by atoms with van der Waals surface area (Å²) in [4.78, 5) is 20.4. The fourth-order valence-corrected chi connectivity index (χ4v) is 3.71. The summed E-state index contributed by atoms with van der Waals surface area (Å²) >= 11 is 1.71. The molecule has 0 saturated carbocycles. The average molecular weight is 337 g/mol. The van der Waals surface area contributed by atoms with Crippen LogP contribution in [-0.2, 0) is 19.3 Å². The zero-order valence-corrected chi connectivity index (χ0v) is 14.5. The van der Waals surface area contributed by atoms with Crippen molar-refractivity contribution >= 4 is 17.2 Å². The van der Waals surface area contributed by atoms with Gasteiger partial charge >= 0.3 is 0 Å². The monoisotopic (exact) mass is 337 g/mol. The van der Waals surface area contributed by atoms with E-state index in [4.69, 9.17) is 9.97 Å². The topological polar surface area (TPSA) is 54.8 Å². The number of aryl methyl sites for hydroxylation is 1. The molecule has 1 aliphatic carbocycles. The predicted molar refractivity (Wildman–Crippen MR) is 96.4 cm³/mol. The van der Waals surface area contributed by atoms with Crippen LogP contribution in [0.1, 0.15) is 22.7 Å². The Hall–Kier alpha value is -2.34. The van der Waals surface area contributed by atoms with Gasteiger partial charge in [-0.1, -0.05) is 0 Å². The lowest BCUT2D eigenvalue weighted by Gasteiger charge is -2.21. The van der Waals surface area contributed by atoms with Crippen LogP contribution in [0.5, 0.6) is 0 Å². The van der Waals surface area contributed by atoms with Crippen molar-refractivity contribution in [2.24, 2.45) is 0 Å². The zero-order chi connectivity index (χ0) is 16.4. The van der Waals surface area contributed by atoms with Gasteiger partial charge in [0.15, 0.2) is 5.82 Å². The lowest BCUT2D eigenvalue weighted by atomic mass is 10.2. The molecule has 4 rings (SSSR count). The van der Waals surface area contributed by atoms with Crippen molar-refractivity contribution in [3.05, 3.63) is 52.4 Å². The summed E-state index contributed by atoms with van der Waals surface area (Å²) in [6.45, 7) is 0.909. The van der Waals surface area contributed by atoms with Crippen molar-refractivity contribution in [1.82, 2.24) is 19.9 Å². The zero-order valence-electron chi connectivity index (χ0n) is 13.6. The van der Waals surface area contributed by atoms with Crippen LogP contribution in [0.15, 0.2) is 36.1 Å². The number of rotatable bonds is 5. The maximum atomic E-state index is 4.88. The van der Waals surface area contributed by atoms with Gasteiger partial charge in [-0.3, -0.25) is 4.98 Å². The normalized spacial score (nSPS) is 13.0. The molecule has 0 aliphatic heterocycles. The molecule has 0 unspecified atom stereocenters. The summed E-state index contributed by atoms with van der Waals surface area (Å²) in [7, 11) is 2.12. The molecule has 0 spiro atoms. The molecule has 1 aliphatic rings. The lowest BCUT2D eigenvalue weighted by molar-refractivity contribution is 0.839. The van der Waals surface area contributed by atoms with Gasteiger partial charge in [0, 0.05) is 60.8 Å². The summed E-state index contributed by atoms with van der Waals surface area (Å²) in [5, 5.41) is 3.20. The van der Waals surface area contributed by atoms with Gasteiger partial charge in [0.1, 0.15) is 5.82 Å². The first-order valence-corrected chi connectivity index (χ1v) is 9.09. The highest BCUT2D eigenvalue weighted by atomic mass is 32.1. The molecule has 0 aromatic carbocycles. The third-order valence-corrected chi connectivity index (χ3v) is 5.20. The van der Waals surface area contributed by atoms with E-state index < -0.39 is 0 Å². The number of anilines is 1. The molecule has 3 heterocycles. The van der Waals surface area contributed by atoms with Crippen molar-refractivity contribution in [2.45, 2.75) is 25.7 Å². The van der Waals surface area contributed by atoms with E-state index in [0.29, 0.717) is 0 Å². The minimum absolute atomic E-state index is 0.800. The Labute approximate surface area is 145 Å². The molecular formula is C18H19N5S. The molecule has 0 saturated heterocycles. The number of hydrogen-bond donors (Lipinski definition) is 0. The third-order valence-electron chi connectivity index (χ3n) is 4.36. The Kier molecular flexibility index (Phi) is 4.21. The smallest absolute Gasteiger partial charge is 0.161 e. The third kappa shape index (κ3) is 3.01. The molecule has 6 heteroatoms. The van der Waals surface area contributed by atoms with Crippen molar-refractivity contribution < 1.29 is 0 Å². The molecule has 0 bridgehead atoms. The van der Waals surface area contributed by atoms with E-state index in [1.165, 1.54) is 16.3 Å². The van der Waals surface area contributed by atoms with E-state index in [-0.39, 0.29) is 0 Å². The number of fused-ring (bicyclic) bond motifs is 1. The summed E-state index contributed by atoms with van der Waals surface area (Å²) in [5.41, 5.74) is 3.54.